The Hall–Kier alpha value is -1.87. The van der Waals surface area contributed by atoms with Crippen molar-refractivity contribution in [2.75, 3.05) is 0 Å². The van der Waals surface area contributed by atoms with Gasteiger partial charge in [-0.25, -0.2) is 0 Å². The zero-order valence-electron chi connectivity index (χ0n) is 13.2. The molecule has 2 nitrogen and oxygen atoms in total. The molecule has 0 fully saturated rings. The number of nitrogens with zero attached hydrogens (tertiary/aromatic N) is 2. The van der Waals surface area contributed by atoms with Crippen molar-refractivity contribution in [2.24, 2.45) is 0 Å². The van der Waals surface area contributed by atoms with E-state index >= 15 is 0 Å². The van der Waals surface area contributed by atoms with Crippen molar-refractivity contribution < 1.29 is 0 Å². The lowest BCUT2D eigenvalue weighted by atomic mass is 10.1. The quantitative estimate of drug-likeness (QED) is 0.572. The van der Waals surface area contributed by atoms with Crippen LogP contribution in [0.3, 0.4) is 0 Å². The standard InChI is InChI=1S/C20H18Cl2N2/c21-19-9-8-18(20(22)11-19)15-24(13-16-5-2-1-3-6-16)14-17-7-4-10-23-12-17/h1-12H,13-15H2. The van der Waals surface area contributed by atoms with Gasteiger partial charge in [-0.1, -0.05) is 65.7 Å². The maximum atomic E-state index is 6.36. The van der Waals surface area contributed by atoms with Crippen molar-refractivity contribution in [1.29, 1.82) is 0 Å². The highest BCUT2D eigenvalue weighted by atomic mass is 35.5. The summed E-state index contributed by atoms with van der Waals surface area (Å²) in [5.74, 6) is 0. The average molecular weight is 357 g/mol. The Labute approximate surface area is 152 Å². The first-order valence-electron chi connectivity index (χ1n) is 7.80. The summed E-state index contributed by atoms with van der Waals surface area (Å²) in [6, 6.07) is 20.2. The molecule has 0 spiro atoms. The van der Waals surface area contributed by atoms with Crippen LogP contribution in [0, 0.1) is 0 Å². The van der Waals surface area contributed by atoms with Gasteiger partial charge in [-0.15, -0.1) is 0 Å². The van der Waals surface area contributed by atoms with Crippen LogP contribution in [-0.4, -0.2) is 9.88 Å². The van der Waals surface area contributed by atoms with Crippen molar-refractivity contribution in [3.63, 3.8) is 0 Å². The fourth-order valence-corrected chi connectivity index (χ4v) is 3.12. The summed E-state index contributed by atoms with van der Waals surface area (Å²) >= 11 is 12.4. The minimum atomic E-state index is 0.658. The van der Waals surface area contributed by atoms with Gasteiger partial charge in [0, 0.05) is 42.1 Å². The highest BCUT2D eigenvalue weighted by Gasteiger charge is 2.11. The van der Waals surface area contributed by atoms with Gasteiger partial charge in [0.15, 0.2) is 0 Å². The number of rotatable bonds is 6. The van der Waals surface area contributed by atoms with Crippen LogP contribution in [0.15, 0.2) is 73.1 Å². The van der Waals surface area contributed by atoms with Crippen LogP contribution < -0.4 is 0 Å². The molecule has 0 unspecified atom stereocenters. The minimum Gasteiger partial charge on any atom is -0.290 e. The zero-order valence-corrected chi connectivity index (χ0v) is 14.7. The molecule has 0 saturated carbocycles. The molecule has 4 heteroatoms. The Bertz CT molecular complexity index is 735. The molecule has 0 amide bonds. The zero-order chi connectivity index (χ0) is 16.8. The fourth-order valence-electron chi connectivity index (χ4n) is 2.65. The third-order valence-corrected chi connectivity index (χ3v) is 4.37. The molecule has 0 atom stereocenters. The van der Waals surface area contributed by atoms with Crippen LogP contribution in [0.2, 0.25) is 10.0 Å². The van der Waals surface area contributed by atoms with Crippen LogP contribution >= 0.6 is 23.2 Å². The summed E-state index contributed by atoms with van der Waals surface area (Å²) in [4.78, 5) is 6.56. The first-order valence-corrected chi connectivity index (χ1v) is 8.55. The van der Waals surface area contributed by atoms with Crippen molar-refractivity contribution in [2.45, 2.75) is 19.6 Å². The summed E-state index contributed by atoms with van der Waals surface area (Å²) in [6.45, 7) is 2.40. The van der Waals surface area contributed by atoms with Crippen LogP contribution in [0.4, 0.5) is 0 Å². The highest BCUT2D eigenvalue weighted by Crippen LogP contribution is 2.23. The van der Waals surface area contributed by atoms with Crippen LogP contribution in [0.25, 0.3) is 0 Å². The molecule has 0 saturated heterocycles. The maximum absolute atomic E-state index is 6.36. The molecule has 3 aromatic rings. The van der Waals surface area contributed by atoms with E-state index in [1.54, 1.807) is 12.3 Å². The number of aromatic nitrogens is 1. The van der Waals surface area contributed by atoms with Crippen LogP contribution in [0.5, 0.6) is 0 Å². The summed E-state index contributed by atoms with van der Waals surface area (Å²) in [7, 11) is 0. The van der Waals surface area contributed by atoms with Gasteiger partial charge in [0.1, 0.15) is 0 Å². The lowest BCUT2D eigenvalue weighted by Crippen LogP contribution is -2.22. The van der Waals surface area contributed by atoms with Gasteiger partial charge in [0.2, 0.25) is 0 Å². The van der Waals surface area contributed by atoms with E-state index in [2.05, 4.69) is 40.2 Å². The second kappa shape index (κ2) is 8.29. The number of pyridine rings is 1. The average Bonchev–Trinajstić information content (AvgIpc) is 2.59. The Morgan fingerprint density at radius 1 is 0.792 bits per heavy atom. The SMILES string of the molecule is Clc1ccc(CN(Cc2ccccc2)Cc2cccnc2)c(Cl)c1. The molecule has 24 heavy (non-hydrogen) atoms. The van der Waals surface area contributed by atoms with Gasteiger partial charge in [-0.3, -0.25) is 9.88 Å². The Balaban J connectivity index is 1.80. The number of hydrogen-bond donors (Lipinski definition) is 0. The molecule has 3 rings (SSSR count). The van der Waals surface area contributed by atoms with Gasteiger partial charge in [-0.2, -0.15) is 0 Å². The third kappa shape index (κ3) is 4.81. The Kier molecular flexibility index (Phi) is 5.86. The molecule has 122 valence electrons. The maximum Gasteiger partial charge on any atom is 0.0465 e. The Morgan fingerprint density at radius 3 is 2.25 bits per heavy atom. The summed E-state index contributed by atoms with van der Waals surface area (Å²) < 4.78 is 0. The lowest BCUT2D eigenvalue weighted by Gasteiger charge is -2.23. The van der Waals surface area contributed by atoms with Crippen LogP contribution in [-0.2, 0) is 19.6 Å². The van der Waals surface area contributed by atoms with Crippen molar-refractivity contribution in [1.82, 2.24) is 9.88 Å². The molecule has 0 aliphatic rings. The molecular formula is C20H18Cl2N2. The molecule has 0 N–H and O–H groups in total. The van der Waals surface area contributed by atoms with E-state index in [1.807, 2.05) is 30.5 Å². The molecule has 0 bridgehead atoms. The van der Waals surface area contributed by atoms with Gasteiger partial charge in [-0.05, 0) is 34.9 Å². The largest absolute Gasteiger partial charge is 0.290 e. The first kappa shape index (κ1) is 17.0. The number of hydrogen-bond acceptors (Lipinski definition) is 2. The van der Waals surface area contributed by atoms with Crippen molar-refractivity contribution in [3.8, 4) is 0 Å². The van der Waals surface area contributed by atoms with E-state index in [0.29, 0.717) is 10.0 Å². The van der Waals surface area contributed by atoms with Crippen LogP contribution in [0.1, 0.15) is 16.7 Å². The smallest absolute Gasteiger partial charge is 0.0465 e. The van der Waals surface area contributed by atoms with E-state index in [9.17, 15) is 0 Å². The van der Waals surface area contributed by atoms with Crippen molar-refractivity contribution in [3.05, 3.63) is 99.8 Å². The van der Waals surface area contributed by atoms with Gasteiger partial charge >= 0.3 is 0 Å². The van der Waals surface area contributed by atoms with E-state index in [4.69, 9.17) is 23.2 Å². The van der Waals surface area contributed by atoms with Gasteiger partial charge in [0.25, 0.3) is 0 Å². The van der Waals surface area contributed by atoms with E-state index in [-0.39, 0.29) is 0 Å². The molecular weight excluding hydrogens is 339 g/mol. The number of halogens is 2. The molecule has 2 aromatic carbocycles. The van der Waals surface area contributed by atoms with Gasteiger partial charge < -0.3 is 0 Å². The fraction of sp³-hybridized carbons (Fsp3) is 0.150. The molecule has 0 aliphatic carbocycles. The second-order valence-electron chi connectivity index (χ2n) is 5.73. The second-order valence-corrected chi connectivity index (χ2v) is 6.57. The molecule has 1 heterocycles. The minimum absolute atomic E-state index is 0.658. The summed E-state index contributed by atoms with van der Waals surface area (Å²) in [6.07, 6.45) is 3.70. The molecule has 0 radical (unpaired) electrons. The topological polar surface area (TPSA) is 16.1 Å². The highest BCUT2D eigenvalue weighted by molar-refractivity contribution is 6.35. The van der Waals surface area contributed by atoms with E-state index < -0.39 is 0 Å². The number of benzene rings is 2. The third-order valence-electron chi connectivity index (χ3n) is 3.79. The molecule has 0 aliphatic heterocycles. The predicted octanol–water partition coefficient (Wildman–Crippen LogP) is 5.59. The predicted molar refractivity (Wildman–Crippen MR) is 100 cm³/mol. The monoisotopic (exact) mass is 356 g/mol. The summed E-state index contributed by atoms with van der Waals surface area (Å²) in [5, 5.41) is 1.36. The summed E-state index contributed by atoms with van der Waals surface area (Å²) in [5.41, 5.74) is 3.52. The Morgan fingerprint density at radius 2 is 1.54 bits per heavy atom. The normalized spacial score (nSPS) is 11.0. The van der Waals surface area contributed by atoms with E-state index in [0.717, 1.165) is 25.2 Å². The van der Waals surface area contributed by atoms with E-state index in [1.165, 1.54) is 11.1 Å². The first-order chi connectivity index (χ1) is 11.7. The van der Waals surface area contributed by atoms with Gasteiger partial charge in [0.05, 0.1) is 0 Å². The van der Waals surface area contributed by atoms with Crippen molar-refractivity contribution >= 4 is 23.2 Å². The molecule has 1 aromatic heterocycles. The lowest BCUT2D eigenvalue weighted by molar-refractivity contribution is 0.247.